The van der Waals surface area contributed by atoms with E-state index in [9.17, 15) is 8.42 Å². The van der Waals surface area contributed by atoms with Crippen LogP contribution in [0.3, 0.4) is 0 Å². The summed E-state index contributed by atoms with van der Waals surface area (Å²) in [6.45, 7) is 6.03. The summed E-state index contributed by atoms with van der Waals surface area (Å²) in [5.74, 6) is 0. The first-order valence-electron chi connectivity index (χ1n) is 10.4. The first kappa shape index (κ1) is 23.4. The smallest absolute Gasteiger partial charge is 0.243 e. The molecular formula is C23H29N3O3S2. The van der Waals surface area contributed by atoms with Crippen molar-refractivity contribution in [1.29, 1.82) is 0 Å². The lowest BCUT2D eigenvalue weighted by Gasteiger charge is -2.18. The van der Waals surface area contributed by atoms with Crippen molar-refractivity contribution in [2.75, 3.05) is 26.8 Å². The fraction of sp³-hybridized carbons (Fsp3) is 0.348. The lowest BCUT2D eigenvalue weighted by Crippen LogP contribution is -2.30. The molecule has 0 aliphatic carbocycles. The van der Waals surface area contributed by atoms with Crippen LogP contribution in [0.15, 0.2) is 69.9 Å². The molecule has 1 aromatic heterocycles. The number of rotatable bonds is 10. The lowest BCUT2D eigenvalue weighted by atomic mass is 10.2. The fourth-order valence-electron chi connectivity index (χ4n) is 3.36. The second kappa shape index (κ2) is 10.9. The number of thiazole rings is 1. The second-order valence-electron chi connectivity index (χ2n) is 6.96. The molecule has 0 aliphatic heterocycles. The van der Waals surface area contributed by atoms with Crippen LogP contribution in [0.2, 0.25) is 0 Å². The maximum Gasteiger partial charge on any atom is 0.243 e. The average Bonchev–Trinajstić information content (AvgIpc) is 3.17. The van der Waals surface area contributed by atoms with Crippen molar-refractivity contribution in [3.8, 4) is 11.3 Å². The standard InChI is InChI=1S/C23H29N3O3S2/c1-4-25(5-2)31(27,28)21-14-12-19(13-15-21)22-18-30-23(26(22)16-9-17-29-3)24-20-10-7-6-8-11-20/h6-8,10-15,18H,4-5,9,16-17H2,1-3H3. The maximum absolute atomic E-state index is 12.8. The highest BCUT2D eigenvalue weighted by atomic mass is 32.2. The van der Waals surface area contributed by atoms with Crippen molar-refractivity contribution in [1.82, 2.24) is 8.87 Å². The maximum atomic E-state index is 12.8. The minimum Gasteiger partial charge on any atom is -0.385 e. The van der Waals surface area contributed by atoms with Gasteiger partial charge >= 0.3 is 0 Å². The molecule has 6 nitrogen and oxygen atoms in total. The van der Waals surface area contributed by atoms with E-state index in [0.29, 0.717) is 24.6 Å². The van der Waals surface area contributed by atoms with E-state index in [4.69, 9.17) is 9.73 Å². The van der Waals surface area contributed by atoms with Gasteiger partial charge in [0.05, 0.1) is 16.3 Å². The molecule has 0 N–H and O–H groups in total. The van der Waals surface area contributed by atoms with E-state index in [1.807, 2.05) is 56.3 Å². The Morgan fingerprint density at radius 3 is 2.32 bits per heavy atom. The molecule has 0 amide bonds. The monoisotopic (exact) mass is 459 g/mol. The molecule has 2 aromatic carbocycles. The van der Waals surface area contributed by atoms with Gasteiger partial charge in [0.1, 0.15) is 0 Å². The van der Waals surface area contributed by atoms with Gasteiger partial charge in [-0.3, -0.25) is 0 Å². The Balaban J connectivity index is 1.99. The van der Waals surface area contributed by atoms with Crippen LogP contribution in [-0.4, -0.2) is 44.1 Å². The largest absolute Gasteiger partial charge is 0.385 e. The molecule has 0 fully saturated rings. The topological polar surface area (TPSA) is 63.9 Å². The molecule has 0 spiro atoms. The number of ether oxygens (including phenoxy) is 1. The molecule has 0 saturated carbocycles. The third-order valence-corrected chi connectivity index (χ3v) is 7.93. The minimum absolute atomic E-state index is 0.315. The molecular weight excluding hydrogens is 430 g/mol. The molecule has 166 valence electrons. The van der Waals surface area contributed by atoms with E-state index in [1.165, 1.54) is 4.31 Å². The molecule has 0 aliphatic rings. The predicted molar refractivity (Wildman–Crippen MR) is 126 cm³/mol. The number of hydrogen-bond acceptors (Lipinski definition) is 5. The Hall–Kier alpha value is -2.26. The highest BCUT2D eigenvalue weighted by Gasteiger charge is 2.21. The highest BCUT2D eigenvalue weighted by molar-refractivity contribution is 7.89. The SMILES string of the molecule is CCN(CC)S(=O)(=O)c1ccc(-c2csc(=Nc3ccccc3)n2CCCOC)cc1. The Kier molecular flexibility index (Phi) is 8.20. The van der Waals surface area contributed by atoms with Gasteiger partial charge in [0.25, 0.3) is 0 Å². The van der Waals surface area contributed by atoms with Gasteiger partial charge in [0.15, 0.2) is 4.80 Å². The van der Waals surface area contributed by atoms with Crippen LogP contribution in [0, 0.1) is 0 Å². The number of hydrogen-bond donors (Lipinski definition) is 0. The summed E-state index contributed by atoms with van der Waals surface area (Å²) in [5.41, 5.74) is 2.88. The van der Waals surface area contributed by atoms with Gasteiger partial charge in [-0.25, -0.2) is 13.4 Å². The number of nitrogens with zero attached hydrogens (tertiary/aromatic N) is 3. The Morgan fingerprint density at radius 2 is 1.71 bits per heavy atom. The summed E-state index contributed by atoms with van der Waals surface area (Å²) in [7, 11) is -1.77. The second-order valence-corrected chi connectivity index (χ2v) is 9.74. The van der Waals surface area contributed by atoms with E-state index in [1.54, 1.807) is 30.6 Å². The van der Waals surface area contributed by atoms with E-state index < -0.39 is 10.0 Å². The number of methoxy groups -OCH3 is 1. The van der Waals surface area contributed by atoms with Crippen LogP contribution in [-0.2, 0) is 21.3 Å². The number of aromatic nitrogens is 1. The molecule has 0 unspecified atom stereocenters. The van der Waals surface area contributed by atoms with Crippen LogP contribution < -0.4 is 4.80 Å². The average molecular weight is 460 g/mol. The minimum atomic E-state index is -3.47. The Morgan fingerprint density at radius 1 is 1.03 bits per heavy atom. The summed E-state index contributed by atoms with van der Waals surface area (Å²) in [6.07, 6.45) is 0.858. The van der Waals surface area contributed by atoms with E-state index in [2.05, 4.69) is 9.95 Å². The molecule has 0 atom stereocenters. The van der Waals surface area contributed by atoms with Crippen molar-refractivity contribution in [2.45, 2.75) is 31.7 Å². The number of benzene rings is 2. The zero-order chi connectivity index (χ0) is 22.3. The van der Waals surface area contributed by atoms with Crippen molar-refractivity contribution in [3.63, 3.8) is 0 Å². The highest BCUT2D eigenvalue weighted by Crippen LogP contribution is 2.24. The van der Waals surface area contributed by atoms with Gasteiger partial charge < -0.3 is 9.30 Å². The molecule has 8 heteroatoms. The van der Waals surface area contributed by atoms with Gasteiger partial charge in [0.2, 0.25) is 10.0 Å². The summed E-state index contributed by atoms with van der Waals surface area (Å²) < 4.78 is 34.4. The van der Waals surface area contributed by atoms with E-state index in [-0.39, 0.29) is 0 Å². The number of sulfonamides is 1. The molecule has 0 bridgehead atoms. The molecule has 0 saturated heterocycles. The molecule has 3 rings (SSSR count). The first-order valence-corrected chi connectivity index (χ1v) is 12.7. The van der Waals surface area contributed by atoms with Gasteiger partial charge in [-0.1, -0.05) is 44.2 Å². The van der Waals surface area contributed by atoms with Crippen molar-refractivity contribution in [3.05, 3.63) is 64.8 Å². The normalized spacial score (nSPS) is 12.6. The van der Waals surface area contributed by atoms with Crippen LogP contribution in [0.25, 0.3) is 11.3 Å². The Labute approximate surface area is 188 Å². The fourth-order valence-corrected chi connectivity index (χ4v) is 5.77. The summed E-state index contributed by atoms with van der Waals surface area (Å²) in [4.78, 5) is 6.02. The zero-order valence-electron chi connectivity index (χ0n) is 18.2. The third kappa shape index (κ3) is 5.51. The third-order valence-electron chi connectivity index (χ3n) is 5.00. The first-order chi connectivity index (χ1) is 15.0. The van der Waals surface area contributed by atoms with Crippen molar-refractivity contribution >= 4 is 27.0 Å². The van der Waals surface area contributed by atoms with Gasteiger partial charge in [-0.05, 0) is 36.2 Å². The Bertz CT molecular complexity index is 1130. The van der Waals surface area contributed by atoms with Crippen LogP contribution in [0.1, 0.15) is 20.3 Å². The molecule has 1 heterocycles. The summed E-state index contributed by atoms with van der Waals surface area (Å²) in [5, 5.41) is 2.07. The molecule has 31 heavy (non-hydrogen) atoms. The van der Waals surface area contributed by atoms with Gasteiger partial charge in [0, 0.05) is 38.7 Å². The van der Waals surface area contributed by atoms with Crippen LogP contribution in [0.5, 0.6) is 0 Å². The zero-order valence-corrected chi connectivity index (χ0v) is 19.8. The van der Waals surface area contributed by atoms with Gasteiger partial charge in [-0.2, -0.15) is 4.31 Å². The summed E-state index contributed by atoms with van der Waals surface area (Å²) in [6, 6.07) is 17.0. The van der Waals surface area contributed by atoms with Crippen LogP contribution in [0.4, 0.5) is 5.69 Å². The van der Waals surface area contributed by atoms with E-state index in [0.717, 1.165) is 34.7 Å². The van der Waals surface area contributed by atoms with Crippen LogP contribution >= 0.6 is 11.3 Å². The predicted octanol–water partition coefficient (Wildman–Crippen LogP) is 4.52. The number of para-hydroxylation sites is 1. The summed E-state index contributed by atoms with van der Waals surface area (Å²) >= 11 is 1.57. The van der Waals surface area contributed by atoms with Gasteiger partial charge in [-0.15, -0.1) is 11.3 Å². The van der Waals surface area contributed by atoms with E-state index >= 15 is 0 Å². The van der Waals surface area contributed by atoms with Crippen molar-refractivity contribution < 1.29 is 13.2 Å². The van der Waals surface area contributed by atoms with Crippen molar-refractivity contribution in [2.24, 2.45) is 4.99 Å². The molecule has 3 aromatic rings. The molecule has 0 radical (unpaired) electrons. The lowest BCUT2D eigenvalue weighted by molar-refractivity contribution is 0.190. The quantitative estimate of drug-likeness (QED) is 0.419.